The van der Waals surface area contributed by atoms with E-state index in [1.54, 1.807) is 0 Å². The number of nitrogens with one attached hydrogen (secondary N) is 1. The van der Waals surface area contributed by atoms with E-state index >= 15 is 0 Å². The summed E-state index contributed by atoms with van der Waals surface area (Å²) in [7, 11) is 0. The molecule has 0 aromatic carbocycles. The molecule has 0 saturated heterocycles. The summed E-state index contributed by atoms with van der Waals surface area (Å²) in [5, 5.41) is 3.48. The number of aromatic nitrogens is 1. The van der Waals surface area contributed by atoms with Crippen molar-refractivity contribution in [2.75, 3.05) is 0 Å². The first-order valence-corrected chi connectivity index (χ1v) is 6.20. The number of nitrogens with two attached hydrogens (primary N) is 1. The normalized spacial score (nSPS) is 25.9. The summed E-state index contributed by atoms with van der Waals surface area (Å²) < 4.78 is 5.55. The summed E-state index contributed by atoms with van der Waals surface area (Å²) in [4.78, 5) is 4.23. The lowest BCUT2D eigenvalue weighted by Gasteiger charge is -2.26. The first-order valence-electron chi connectivity index (χ1n) is 6.20. The van der Waals surface area contributed by atoms with Gasteiger partial charge in [-0.3, -0.25) is 0 Å². The number of hydrogen-bond donors (Lipinski definition) is 2. The molecular weight excluding hydrogens is 202 g/mol. The van der Waals surface area contributed by atoms with E-state index in [1.165, 1.54) is 12.8 Å². The third kappa shape index (κ3) is 3.06. The zero-order valence-electron chi connectivity index (χ0n) is 9.91. The lowest BCUT2D eigenvalue weighted by Crippen LogP contribution is -2.37. The molecule has 0 radical (unpaired) electrons. The van der Waals surface area contributed by atoms with E-state index in [0.29, 0.717) is 12.1 Å². The van der Waals surface area contributed by atoms with Gasteiger partial charge in [0.05, 0.1) is 12.7 Å². The van der Waals surface area contributed by atoms with E-state index in [-0.39, 0.29) is 0 Å². The van der Waals surface area contributed by atoms with Crippen LogP contribution in [0.3, 0.4) is 0 Å². The van der Waals surface area contributed by atoms with Crippen LogP contribution in [0.5, 0.6) is 0 Å². The van der Waals surface area contributed by atoms with E-state index in [2.05, 4.69) is 17.2 Å². The maximum absolute atomic E-state index is 5.87. The van der Waals surface area contributed by atoms with Crippen LogP contribution < -0.4 is 11.1 Å². The maximum atomic E-state index is 5.87. The van der Waals surface area contributed by atoms with Crippen LogP contribution in [0.1, 0.15) is 44.3 Å². The van der Waals surface area contributed by atoms with Gasteiger partial charge >= 0.3 is 0 Å². The van der Waals surface area contributed by atoms with E-state index in [0.717, 1.165) is 37.5 Å². The lowest BCUT2D eigenvalue weighted by atomic mass is 9.92. The molecular formula is C12H21N3O. The minimum absolute atomic E-state index is 0.409. The Balaban J connectivity index is 1.74. The molecule has 4 heteroatoms. The second-order valence-corrected chi connectivity index (χ2v) is 4.57. The van der Waals surface area contributed by atoms with E-state index < -0.39 is 0 Å². The van der Waals surface area contributed by atoms with Gasteiger partial charge in [-0.1, -0.05) is 6.92 Å². The fraction of sp³-hybridized carbons (Fsp3) is 0.750. The van der Waals surface area contributed by atoms with Crippen molar-refractivity contribution in [3.05, 3.63) is 17.8 Å². The lowest BCUT2D eigenvalue weighted by molar-refractivity contribution is 0.326. The quantitative estimate of drug-likeness (QED) is 0.813. The highest BCUT2D eigenvalue weighted by Gasteiger charge is 2.18. The van der Waals surface area contributed by atoms with Gasteiger partial charge in [0, 0.05) is 18.5 Å². The molecule has 90 valence electrons. The molecule has 0 atom stereocenters. The van der Waals surface area contributed by atoms with E-state index in [4.69, 9.17) is 10.2 Å². The van der Waals surface area contributed by atoms with Crippen molar-refractivity contribution < 1.29 is 4.42 Å². The molecule has 16 heavy (non-hydrogen) atoms. The average Bonchev–Trinajstić information content (AvgIpc) is 2.76. The van der Waals surface area contributed by atoms with Gasteiger partial charge < -0.3 is 15.5 Å². The fourth-order valence-corrected chi connectivity index (χ4v) is 2.15. The molecule has 1 heterocycles. The Labute approximate surface area is 96.6 Å². The highest BCUT2D eigenvalue weighted by Crippen LogP contribution is 2.17. The van der Waals surface area contributed by atoms with E-state index in [1.807, 2.05) is 6.20 Å². The molecule has 3 N–H and O–H groups in total. The van der Waals surface area contributed by atoms with Crippen LogP contribution in [0.4, 0.5) is 0 Å². The average molecular weight is 223 g/mol. The van der Waals surface area contributed by atoms with Crippen LogP contribution in [0.15, 0.2) is 10.6 Å². The Kier molecular flexibility index (Phi) is 3.96. The summed E-state index contributed by atoms with van der Waals surface area (Å²) in [6.07, 6.45) is 7.32. The number of nitrogens with zero attached hydrogens (tertiary/aromatic N) is 1. The minimum atomic E-state index is 0.409. The standard InChI is InChI=1S/C12H21N3O/c1-2-11-7-15-12(16-11)8-14-10-5-3-9(13)4-6-10/h7,9-10,14H,2-6,8,13H2,1H3. The third-order valence-corrected chi connectivity index (χ3v) is 3.26. The number of oxazole rings is 1. The topological polar surface area (TPSA) is 64.1 Å². The summed E-state index contributed by atoms with van der Waals surface area (Å²) in [5.74, 6) is 1.76. The molecule has 1 aliphatic carbocycles. The summed E-state index contributed by atoms with van der Waals surface area (Å²) in [6, 6.07) is 0.989. The molecule has 1 fully saturated rings. The van der Waals surface area contributed by atoms with Gasteiger partial charge in [0.1, 0.15) is 5.76 Å². The van der Waals surface area contributed by atoms with Crippen molar-refractivity contribution in [3.63, 3.8) is 0 Å². The Hall–Kier alpha value is -0.870. The molecule has 1 saturated carbocycles. The SMILES string of the molecule is CCc1cnc(CNC2CCC(N)CC2)o1. The Morgan fingerprint density at radius 2 is 2.19 bits per heavy atom. The van der Waals surface area contributed by atoms with Crippen molar-refractivity contribution in [3.8, 4) is 0 Å². The molecule has 4 nitrogen and oxygen atoms in total. The first kappa shape index (κ1) is 11.6. The monoisotopic (exact) mass is 223 g/mol. The molecule has 0 spiro atoms. The van der Waals surface area contributed by atoms with Crippen LogP contribution in [-0.2, 0) is 13.0 Å². The van der Waals surface area contributed by atoms with Crippen molar-refractivity contribution in [2.24, 2.45) is 5.73 Å². The molecule has 1 aromatic rings. The maximum Gasteiger partial charge on any atom is 0.208 e. The molecule has 2 rings (SSSR count). The van der Waals surface area contributed by atoms with Crippen molar-refractivity contribution in [2.45, 2.75) is 57.7 Å². The van der Waals surface area contributed by atoms with Gasteiger partial charge in [-0.05, 0) is 25.7 Å². The predicted octanol–water partition coefficient (Wildman–Crippen LogP) is 1.60. The minimum Gasteiger partial charge on any atom is -0.444 e. The fourth-order valence-electron chi connectivity index (χ4n) is 2.15. The van der Waals surface area contributed by atoms with Gasteiger partial charge in [-0.2, -0.15) is 0 Å². The van der Waals surface area contributed by atoms with Crippen molar-refractivity contribution >= 4 is 0 Å². The Morgan fingerprint density at radius 1 is 1.44 bits per heavy atom. The van der Waals surface area contributed by atoms with E-state index in [9.17, 15) is 0 Å². The third-order valence-electron chi connectivity index (χ3n) is 3.26. The van der Waals surface area contributed by atoms with Crippen LogP contribution in [0.25, 0.3) is 0 Å². The molecule has 0 bridgehead atoms. The van der Waals surface area contributed by atoms with Gasteiger partial charge in [0.15, 0.2) is 0 Å². The molecule has 0 unspecified atom stereocenters. The Morgan fingerprint density at radius 3 is 2.81 bits per heavy atom. The first-order chi connectivity index (χ1) is 7.78. The molecule has 1 aromatic heterocycles. The van der Waals surface area contributed by atoms with Crippen LogP contribution in [0, 0.1) is 0 Å². The van der Waals surface area contributed by atoms with Gasteiger partial charge in [0.25, 0.3) is 0 Å². The predicted molar refractivity (Wildman–Crippen MR) is 63.0 cm³/mol. The largest absolute Gasteiger partial charge is 0.444 e. The smallest absolute Gasteiger partial charge is 0.208 e. The second-order valence-electron chi connectivity index (χ2n) is 4.57. The highest BCUT2D eigenvalue weighted by molar-refractivity contribution is 4.93. The van der Waals surface area contributed by atoms with Crippen LogP contribution in [0.2, 0.25) is 0 Å². The highest BCUT2D eigenvalue weighted by atomic mass is 16.4. The van der Waals surface area contributed by atoms with Crippen LogP contribution >= 0.6 is 0 Å². The zero-order valence-corrected chi connectivity index (χ0v) is 9.91. The molecule has 0 amide bonds. The van der Waals surface area contributed by atoms with Gasteiger partial charge in [-0.15, -0.1) is 0 Å². The number of rotatable bonds is 4. The summed E-state index contributed by atoms with van der Waals surface area (Å²) in [5.41, 5.74) is 5.87. The summed E-state index contributed by atoms with van der Waals surface area (Å²) in [6.45, 7) is 2.81. The number of hydrogen-bond acceptors (Lipinski definition) is 4. The zero-order chi connectivity index (χ0) is 11.4. The second kappa shape index (κ2) is 5.46. The molecule has 1 aliphatic rings. The Bertz CT molecular complexity index is 316. The van der Waals surface area contributed by atoms with Crippen molar-refractivity contribution in [1.29, 1.82) is 0 Å². The van der Waals surface area contributed by atoms with Gasteiger partial charge in [-0.25, -0.2) is 4.98 Å². The van der Waals surface area contributed by atoms with Crippen molar-refractivity contribution in [1.82, 2.24) is 10.3 Å². The summed E-state index contributed by atoms with van der Waals surface area (Å²) >= 11 is 0. The number of aryl methyl sites for hydroxylation is 1. The van der Waals surface area contributed by atoms with Crippen LogP contribution in [-0.4, -0.2) is 17.1 Å². The van der Waals surface area contributed by atoms with Gasteiger partial charge in [0.2, 0.25) is 5.89 Å². The molecule has 0 aliphatic heterocycles.